The van der Waals surface area contributed by atoms with E-state index in [2.05, 4.69) is 25.8 Å². The van der Waals surface area contributed by atoms with E-state index in [9.17, 15) is 0 Å². The van der Waals surface area contributed by atoms with Crippen LogP contribution < -0.4 is 10.6 Å². The van der Waals surface area contributed by atoms with Crippen LogP contribution in [0.15, 0.2) is 48.7 Å². The predicted molar refractivity (Wildman–Crippen MR) is 94.3 cm³/mol. The van der Waals surface area contributed by atoms with Gasteiger partial charge >= 0.3 is 0 Å². The van der Waals surface area contributed by atoms with Gasteiger partial charge < -0.3 is 10.6 Å². The molecule has 2 aromatic carbocycles. The van der Waals surface area contributed by atoms with Crippen LogP contribution in [0.5, 0.6) is 0 Å². The standard InChI is InChI=1S/C15H10Cl3N5/c16-9-2-1-3-11(6-9)20-15-22-14(8-19-23-15)21-13-7-10(17)4-5-12(13)18/h1-8H,(H2,20,21,22,23). The molecule has 23 heavy (non-hydrogen) atoms. The first-order chi connectivity index (χ1) is 11.1. The maximum atomic E-state index is 6.12. The summed E-state index contributed by atoms with van der Waals surface area (Å²) in [7, 11) is 0. The van der Waals surface area contributed by atoms with Crippen molar-refractivity contribution in [3.05, 3.63) is 63.7 Å². The summed E-state index contributed by atoms with van der Waals surface area (Å²) in [6.45, 7) is 0. The number of hydrogen-bond donors (Lipinski definition) is 2. The first-order valence-corrected chi connectivity index (χ1v) is 7.68. The summed E-state index contributed by atoms with van der Waals surface area (Å²) in [4.78, 5) is 4.32. The lowest BCUT2D eigenvalue weighted by Gasteiger charge is -2.09. The molecule has 0 amide bonds. The molecule has 116 valence electrons. The number of nitrogens with zero attached hydrogens (tertiary/aromatic N) is 3. The number of nitrogens with one attached hydrogen (secondary N) is 2. The number of anilines is 4. The van der Waals surface area contributed by atoms with E-state index >= 15 is 0 Å². The van der Waals surface area contributed by atoms with Gasteiger partial charge in [-0.15, -0.1) is 5.10 Å². The van der Waals surface area contributed by atoms with Gasteiger partial charge in [0.25, 0.3) is 0 Å². The number of rotatable bonds is 4. The maximum Gasteiger partial charge on any atom is 0.249 e. The van der Waals surface area contributed by atoms with E-state index in [1.54, 1.807) is 30.3 Å². The fourth-order valence-corrected chi connectivity index (χ4v) is 2.37. The Kier molecular flexibility index (Phi) is 4.81. The summed E-state index contributed by atoms with van der Waals surface area (Å²) in [6, 6.07) is 12.3. The molecule has 3 rings (SSSR count). The van der Waals surface area contributed by atoms with Crippen molar-refractivity contribution < 1.29 is 0 Å². The average Bonchev–Trinajstić information content (AvgIpc) is 2.51. The van der Waals surface area contributed by atoms with Crippen LogP contribution in [0.1, 0.15) is 0 Å². The zero-order valence-electron chi connectivity index (χ0n) is 11.6. The van der Waals surface area contributed by atoms with E-state index < -0.39 is 0 Å². The third-order valence-corrected chi connectivity index (χ3v) is 3.63. The Hall–Kier alpha value is -2.08. The molecule has 0 fully saturated rings. The molecule has 0 radical (unpaired) electrons. The Bertz CT molecular complexity index is 841. The fourth-order valence-electron chi connectivity index (χ4n) is 1.84. The summed E-state index contributed by atoms with van der Waals surface area (Å²) in [6.07, 6.45) is 1.49. The minimum atomic E-state index is 0.329. The van der Waals surface area contributed by atoms with Gasteiger partial charge in [-0.25, -0.2) is 0 Å². The van der Waals surface area contributed by atoms with Crippen LogP contribution in [0.25, 0.3) is 0 Å². The van der Waals surface area contributed by atoms with Gasteiger partial charge in [-0.3, -0.25) is 0 Å². The highest BCUT2D eigenvalue weighted by Gasteiger charge is 2.05. The molecule has 2 N–H and O–H groups in total. The quantitative estimate of drug-likeness (QED) is 0.654. The van der Waals surface area contributed by atoms with Crippen LogP contribution in [0, 0.1) is 0 Å². The van der Waals surface area contributed by atoms with E-state index in [1.165, 1.54) is 6.20 Å². The summed E-state index contributed by atoms with van der Waals surface area (Å²) in [5.74, 6) is 0.809. The highest BCUT2D eigenvalue weighted by Crippen LogP contribution is 2.28. The Labute approximate surface area is 147 Å². The van der Waals surface area contributed by atoms with Crippen molar-refractivity contribution in [3.8, 4) is 0 Å². The van der Waals surface area contributed by atoms with Gasteiger partial charge in [0, 0.05) is 15.7 Å². The Morgan fingerprint density at radius 1 is 0.870 bits per heavy atom. The van der Waals surface area contributed by atoms with Gasteiger partial charge in [0.2, 0.25) is 5.95 Å². The summed E-state index contributed by atoms with van der Waals surface area (Å²) in [5, 5.41) is 15.6. The minimum Gasteiger partial charge on any atom is -0.338 e. The van der Waals surface area contributed by atoms with Crippen LogP contribution in [0.3, 0.4) is 0 Å². The van der Waals surface area contributed by atoms with E-state index in [1.807, 2.05) is 12.1 Å². The lowest BCUT2D eigenvalue weighted by Crippen LogP contribution is -2.02. The summed E-state index contributed by atoms with van der Waals surface area (Å²) in [5.41, 5.74) is 1.39. The molecule has 0 atom stereocenters. The van der Waals surface area contributed by atoms with Crippen LogP contribution in [0.2, 0.25) is 15.1 Å². The fraction of sp³-hybridized carbons (Fsp3) is 0. The van der Waals surface area contributed by atoms with Crippen LogP contribution in [-0.2, 0) is 0 Å². The smallest absolute Gasteiger partial charge is 0.249 e. The summed E-state index contributed by atoms with van der Waals surface area (Å²) >= 11 is 18.0. The zero-order chi connectivity index (χ0) is 16.2. The molecule has 1 aromatic heterocycles. The first-order valence-electron chi connectivity index (χ1n) is 6.54. The predicted octanol–water partition coefficient (Wildman–Crippen LogP) is 5.32. The molecule has 1 heterocycles. The normalized spacial score (nSPS) is 10.4. The van der Waals surface area contributed by atoms with Crippen LogP contribution >= 0.6 is 34.8 Å². The number of halogens is 3. The van der Waals surface area contributed by atoms with Crippen molar-refractivity contribution in [2.45, 2.75) is 0 Å². The minimum absolute atomic E-state index is 0.329. The lowest BCUT2D eigenvalue weighted by molar-refractivity contribution is 0.982. The van der Waals surface area contributed by atoms with E-state index in [4.69, 9.17) is 34.8 Å². The SMILES string of the molecule is Clc1cccc(Nc2nncc(Nc3cc(Cl)ccc3Cl)n2)c1. The first kappa shape index (κ1) is 15.8. The topological polar surface area (TPSA) is 62.7 Å². The lowest BCUT2D eigenvalue weighted by atomic mass is 10.3. The molecule has 0 saturated heterocycles. The monoisotopic (exact) mass is 365 g/mol. The largest absolute Gasteiger partial charge is 0.338 e. The molecule has 0 aliphatic rings. The van der Waals surface area contributed by atoms with Gasteiger partial charge in [-0.05, 0) is 36.4 Å². The van der Waals surface area contributed by atoms with Crippen LogP contribution in [-0.4, -0.2) is 15.2 Å². The molecule has 0 spiro atoms. The molecule has 5 nitrogen and oxygen atoms in total. The molecule has 0 saturated carbocycles. The maximum absolute atomic E-state index is 6.12. The van der Waals surface area contributed by atoms with Gasteiger partial charge in [0.1, 0.15) is 0 Å². The Balaban J connectivity index is 1.81. The van der Waals surface area contributed by atoms with Crippen molar-refractivity contribution in [1.82, 2.24) is 15.2 Å². The third-order valence-electron chi connectivity index (χ3n) is 2.83. The van der Waals surface area contributed by atoms with Crippen molar-refractivity contribution in [3.63, 3.8) is 0 Å². The van der Waals surface area contributed by atoms with E-state index in [0.29, 0.717) is 32.5 Å². The third kappa shape index (κ3) is 4.22. The molecular weight excluding hydrogens is 357 g/mol. The average molecular weight is 367 g/mol. The van der Waals surface area contributed by atoms with E-state index in [-0.39, 0.29) is 0 Å². The van der Waals surface area contributed by atoms with Gasteiger partial charge in [0.15, 0.2) is 5.82 Å². The van der Waals surface area contributed by atoms with Crippen molar-refractivity contribution in [1.29, 1.82) is 0 Å². The molecule has 0 aliphatic heterocycles. The Morgan fingerprint density at radius 2 is 1.70 bits per heavy atom. The molecule has 0 unspecified atom stereocenters. The second-order valence-electron chi connectivity index (χ2n) is 4.55. The van der Waals surface area contributed by atoms with Gasteiger partial charge in [-0.1, -0.05) is 40.9 Å². The molecule has 3 aromatic rings. The summed E-state index contributed by atoms with van der Waals surface area (Å²) < 4.78 is 0. The molecule has 0 aliphatic carbocycles. The molecule has 0 bridgehead atoms. The molecule has 8 heteroatoms. The number of hydrogen-bond acceptors (Lipinski definition) is 5. The van der Waals surface area contributed by atoms with Crippen LogP contribution in [0.4, 0.5) is 23.1 Å². The van der Waals surface area contributed by atoms with E-state index in [0.717, 1.165) is 5.69 Å². The molecular formula is C15H10Cl3N5. The highest BCUT2D eigenvalue weighted by molar-refractivity contribution is 6.35. The zero-order valence-corrected chi connectivity index (χ0v) is 13.9. The Morgan fingerprint density at radius 3 is 2.52 bits per heavy atom. The van der Waals surface area contributed by atoms with Gasteiger partial charge in [0.05, 0.1) is 16.9 Å². The van der Waals surface area contributed by atoms with Crippen molar-refractivity contribution in [2.75, 3.05) is 10.6 Å². The van der Waals surface area contributed by atoms with Crippen molar-refractivity contribution >= 4 is 57.9 Å². The number of benzene rings is 2. The number of aromatic nitrogens is 3. The highest BCUT2D eigenvalue weighted by atomic mass is 35.5. The van der Waals surface area contributed by atoms with Gasteiger partial charge in [-0.2, -0.15) is 10.1 Å². The van der Waals surface area contributed by atoms with Crippen molar-refractivity contribution in [2.24, 2.45) is 0 Å². The second-order valence-corrected chi connectivity index (χ2v) is 5.83. The second kappa shape index (κ2) is 7.00.